The summed E-state index contributed by atoms with van der Waals surface area (Å²) in [5, 5.41) is 0.713. The quantitative estimate of drug-likeness (QED) is 0.725. The first-order valence-electron chi connectivity index (χ1n) is 6.89. The summed E-state index contributed by atoms with van der Waals surface area (Å²) in [4.78, 5) is 0. The van der Waals surface area contributed by atoms with Crippen molar-refractivity contribution in [2.24, 2.45) is 11.1 Å². The molecule has 1 aliphatic carbocycles. The first-order valence-corrected chi connectivity index (χ1v) is 7.77. The summed E-state index contributed by atoms with van der Waals surface area (Å²) < 4.78 is 0.415. The average Bonchev–Trinajstić information content (AvgIpc) is 2.14. The molecule has 0 aliphatic heterocycles. The van der Waals surface area contributed by atoms with Crippen LogP contribution in [0.25, 0.3) is 0 Å². The molecule has 0 atom stereocenters. The van der Waals surface area contributed by atoms with Crippen LogP contribution in [0, 0.1) is 5.41 Å². The van der Waals surface area contributed by atoms with Gasteiger partial charge in [0.05, 0.1) is 0 Å². The summed E-state index contributed by atoms with van der Waals surface area (Å²) in [7, 11) is 0. The van der Waals surface area contributed by atoms with Crippen LogP contribution >= 0.6 is 11.8 Å². The molecule has 0 amide bonds. The van der Waals surface area contributed by atoms with Gasteiger partial charge in [-0.05, 0) is 36.3 Å². The van der Waals surface area contributed by atoms with Crippen LogP contribution in [0.15, 0.2) is 0 Å². The monoisotopic (exact) mass is 243 g/mol. The third kappa shape index (κ3) is 3.16. The van der Waals surface area contributed by atoms with E-state index in [1.807, 2.05) is 0 Å². The average molecular weight is 243 g/mol. The van der Waals surface area contributed by atoms with Crippen molar-refractivity contribution in [2.45, 2.75) is 76.2 Å². The van der Waals surface area contributed by atoms with Gasteiger partial charge in [-0.2, -0.15) is 11.8 Å². The maximum absolute atomic E-state index is 6.01. The normalized spacial score (nSPS) is 22.1. The first kappa shape index (κ1) is 14.4. The molecule has 0 bridgehead atoms. The molecule has 1 nitrogen and oxygen atoms in total. The van der Waals surface area contributed by atoms with Gasteiger partial charge in [-0.1, -0.05) is 40.5 Å². The van der Waals surface area contributed by atoms with Gasteiger partial charge in [-0.3, -0.25) is 0 Å². The van der Waals surface area contributed by atoms with E-state index < -0.39 is 0 Å². The molecule has 0 radical (unpaired) electrons. The SMILES string of the molecule is CCCC1(CCC)CC(CN)(SC(C)C)C1. The van der Waals surface area contributed by atoms with Gasteiger partial charge >= 0.3 is 0 Å². The summed E-state index contributed by atoms with van der Waals surface area (Å²) in [6.45, 7) is 10.1. The summed E-state index contributed by atoms with van der Waals surface area (Å²) in [5.74, 6) is 0. The topological polar surface area (TPSA) is 26.0 Å². The maximum Gasteiger partial charge on any atom is 0.0295 e. The van der Waals surface area contributed by atoms with Gasteiger partial charge in [0.25, 0.3) is 0 Å². The van der Waals surface area contributed by atoms with Crippen LogP contribution in [0.1, 0.15) is 66.2 Å². The molecule has 0 aromatic rings. The van der Waals surface area contributed by atoms with E-state index in [9.17, 15) is 0 Å². The standard InChI is InChI=1S/C14H29NS/c1-5-7-13(8-6-2)9-14(10-13,11-15)16-12(3)4/h12H,5-11,15H2,1-4H3. The van der Waals surface area contributed by atoms with E-state index in [0.717, 1.165) is 6.54 Å². The second-order valence-corrected chi connectivity index (χ2v) is 7.95. The van der Waals surface area contributed by atoms with Crippen molar-refractivity contribution in [3.05, 3.63) is 0 Å². The Morgan fingerprint density at radius 1 is 1.12 bits per heavy atom. The molecule has 96 valence electrons. The Kier molecular flexibility index (Phi) is 5.18. The molecular weight excluding hydrogens is 214 g/mol. The van der Waals surface area contributed by atoms with E-state index in [-0.39, 0.29) is 0 Å². The molecule has 1 fully saturated rings. The maximum atomic E-state index is 6.01. The lowest BCUT2D eigenvalue weighted by Crippen LogP contribution is -2.54. The second-order valence-electron chi connectivity index (χ2n) is 5.91. The van der Waals surface area contributed by atoms with Crippen LogP contribution in [0.3, 0.4) is 0 Å². The van der Waals surface area contributed by atoms with E-state index >= 15 is 0 Å². The molecule has 2 heteroatoms. The Morgan fingerprint density at radius 2 is 1.62 bits per heavy atom. The van der Waals surface area contributed by atoms with Gasteiger partial charge in [-0.15, -0.1) is 0 Å². The van der Waals surface area contributed by atoms with E-state index in [4.69, 9.17) is 5.73 Å². The fourth-order valence-corrected chi connectivity index (χ4v) is 5.51. The lowest BCUT2D eigenvalue weighted by atomic mass is 9.57. The van der Waals surface area contributed by atoms with E-state index in [1.54, 1.807) is 0 Å². The third-order valence-electron chi connectivity index (χ3n) is 3.81. The van der Waals surface area contributed by atoms with Crippen molar-refractivity contribution in [2.75, 3.05) is 6.54 Å². The third-order valence-corrected chi connectivity index (χ3v) is 5.24. The highest BCUT2D eigenvalue weighted by atomic mass is 32.2. The lowest BCUT2D eigenvalue weighted by Gasteiger charge is -2.57. The minimum Gasteiger partial charge on any atom is -0.329 e. The molecule has 16 heavy (non-hydrogen) atoms. The zero-order valence-corrected chi connectivity index (χ0v) is 12.3. The van der Waals surface area contributed by atoms with Crippen LogP contribution in [0.4, 0.5) is 0 Å². The molecular formula is C14H29NS. The molecule has 0 saturated heterocycles. The predicted molar refractivity (Wildman–Crippen MR) is 76.0 cm³/mol. The molecule has 0 spiro atoms. The molecule has 0 unspecified atom stereocenters. The van der Waals surface area contributed by atoms with E-state index in [2.05, 4.69) is 39.5 Å². The van der Waals surface area contributed by atoms with Gasteiger partial charge < -0.3 is 5.73 Å². The number of hydrogen-bond donors (Lipinski definition) is 1. The number of thioether (sulfide) groups is 1. The Bertz CT molecular complexity index is 197. The first-order chi connectivity index (χ1) is 7.51. The van der Waals surface area contributed by atoms with Crippen LogP contribution < -0.4 is 5.73 Å². The lowest BCUT2D eigenvalue weighted by molar-refractivity contribution is 0.0612. The van der Waals surface area contributed by atoms with Crippen LogP contribution in [-0.2, 0) is 0 Å². The van der Waals surface area contributed by atoms with E-state index in [0.29, 0.717) is 15.4 Å². The highest BCUT2D eigenvalue weighted by Crippen LogP contribution is 2.60. The minimum absolute atomic E-state index is 0.415. The highest BCUT2D eigenvalue weighted by Gasteiger charge is 2.52. The Balaban J connectivity index is 2.57. The summed E-state index contributed by atoms with van der Waals surface area (Å²) >= 11 is 2.12. The summed E-state index contributed by atoms with van der Waals surface area (Å²) in [6, 6.07) is 0. The van der Waals surface area contributed by atoms with Crippen molar-refractivity contribution >= 4 is 11.8 Å². The summed E-state index contributed by atoms with van der Waals surface area (Å²) in [6.07, 6.45) is 8.19. The molecule has 0 aromatic carbocycles. The second kappa shape index (κ2) is 5.77. The van der Waals surface area contributed by atoms with Crippen LogP contribution in [0.5, 0.6) is 0 Å². The molecule has 0 heterocycles. The zero-order chi connectivity index (χ0) is 12.2. The van der Waals surface area contributed by atoms with Crippen molar-refractivity contribution in [3.63, 3.8) is 0 Å². The Morgan fingerprint density at radius 3 is 1.94 bits per heavy atom. The fraction of sp³-hybridized carbons (Fsp3) is 1.00. The fourth-order valence-electron chi connectivity index (χ4n) is 3.63. The molecule has 1 aliphatic rings. The minimum atomic E-state index is 0.415. The van der Waals surface area contributed by atoms with Crippen LogP contribution in [0.2, 0.25) is 0 Å². The largest absolute Gasteiger partial charge is 0.329 e. The Labute approximate surface area is 106 Å². The van der Waals surface area contributed by atoms with Gasteiger partial charge in [0.2, 0.25) is 0 Å². The number of rotatable bonds is 7. The van der Waals surface area contributed by atoms with Gasteiger partial charge in [0.1, 0.15) is 0 Å². The van der Waals surface area contributed by atoms with Gasteiger partial charge in [-0.25, -0.2) is 0 Å². The van der Waals surface area contributed by atoms with Gasteiger partial charge in [0.15, 0.2) is 0 Å². The van der Waals surface area contributed by atoms with Crippen molar-refractivity contribution in [3.8, 4) is 0 Å². The van der Waals surface area contributed by atoms with Gasteiger partial charge in [0, 0.05) is 11.3 Å². The molecule has 0 aromatic heterocycles. The Hall–Kier alpha value is 0.310. The molecule has 2 N–H and O–H groups in total. The summed E-state index contributed by atoms with van der Waals surface area (Å²) in [5.41, 5.74) is 6.65. The van der Waals surface area contributed by atoms with Crippen molar-refractivity contribution in [1.29, 1.82) is 0 Å². The molecule has 1 saturated carbocycles. The highest BCUT2D eigenvalue weighted by molar-refractivity contribution is 8.01. The zero-order valence-electron chi connectivity index (χ0n) is 11.5. The number of hydrogen-bond acceptors (Lipinski definition) is 2. The van der Waals surface area contributed by atoms with Crippen molar-refractivity contribution in [1.82, 2.24) is 0 Å². The van der Waals surface area contributed by atoms with Crippen LogP contribution in [-0.4, -0.2) is 16.5 Å². The molecule has 1 rings (SSSR count). The van der Waals surface area contributed by atoms with Crippen molar-refractivity contribution < 1.29 is 0 Å². The smallest absolute Gasteiger partial charge is 0.0295 e. The predicted octanol–water partition coefficient (Wildman–Crippen LogP) is 4.21. The number of nitrogens with two attached hydrogens (primary N) is 1. The van der Waals surface area contributed by atoms with E-state index in [1.165, 1.54) is 38.5 Å².